The lowest BCUT2D eigenvalue weighted by Gasteiger charge is -2.04. The zero-order chi connectivity index (χ0) is 11.7. The molecule has 0 fully saturated rings. The van der Waals surface area contributed by atoms with Gasteiger partial charge in [-0.1, -0.05) is 11.6 Å². The number of alkyl halides is 2. The minimum atomic E-state index is -2.56. The Bertz CT molecular complexity index is 513. The van der Waals surface area contributed by atoms with Gasteiger partial charge < -0.3 is 0 Å². The first-order valence-corrected chi connectivity index (χ1v) is 5.54. The SMILES string of the molecule is FC(F)c1ccn(-c2ccc(Cl)cc2Br)n1. The van der Waals surface area contributed by atoms with E-state index in [2.05, 4.69) is 21.0 Å². The minimum Gasteiger partial charge on any atom is -0.239 e. The van der Waals surface area contributed by atoms with Crippen molar-refractivity contribution in [3.8, 4) is 5.69 Å². The molecule has 0 spiro atoms. The number of hydrogen-bond donors (Lipinski definition) is 0. The Kier molecular flexibility index (Phi) is 3.25. The van der Waals surface area contributed by atoms with E-state index in [0.717, 1.165) is 0 Å². The van der Waals surface area contributed by atoms with Gasteiger partial charge in [0.15, 0.2) is 0 Å². The first-order chi connectivity index (χ1) is 7.58. The second-order valence-electron chi connectivity index (χ2n) is 3.08. The summed E-state index contributed by atoms with van der Waals surface area (Å²) in [5.41, 5.74) is 0.415. The number of hydrogen-bond acceptors (Lipinski definition) is 1. The van der Waals surface area contributed by atoms with Crippen molar-refractivity contribution in [2.45, 2.75) is 6.43 Å². The summed E-state index contributed by atoms with van der Waals surface area (Å²) < 4.78 is 26.8. The lowest BCUT2D eigenvalue weighted by atomic mass is 10.3. The predicted octanol–water partition coefficient (Wildman–Crippen LogP) is 4.23. The highest BCUT2D eigenvalue weighted by Crippen LogP contribution is 2.25. The molecule has 0 bridgehead atoms. The summed E-state index contributed by atoms with van der Waals surface area (Å²) >= 11 is 9.08. The molecule has 0 unspecified atom stereocenters. The van der Waals surface area contributed by atoms with Crippen molar-refractivity contribution in [3.05, 3.63) is 45.7 Å². The van der Waals surface area contributed by atoms with Crippen LogP contribution in [0.3, 0.4) is 0 Å². The van der Waals surface area contributed by atoms with E-state index in [1.165, 1.54) is 16.9 Å². The van der Waals surface area contributed by atoms with Crippen molar-refractivity contribution in [3.63, 3.8) is 0 Å². The van der Waals surface area contributed by atoms with Gasteiger partial charge in [0.2, 0.25) is 0 Å². The van der Waals surface area contributed by atoms with E-state index in [4.69, 9.17) is 11.6 Å². The fourth-order valence-corrected chi connectivity index (χ4v) is 2.12. The van der Waals surface area contributed by atoms with Crippen LogP contribution in [0.1, 0.15) is 12.1 Å². The Morgan fingerprint density at radius 3 is 2.62 bits per heavy atom. The van der Waals surface area contributed by atoms with Crippen molar-refractivity contribution in [2.75, 3.05) is 0 Å². The third-order valence-corrected chi connectivity index (χ3v) is 2.86. The second kappa shape index (κ2) is 4.51. The summed E-state index contributed by atoms with van der Waals surface area (Å²) in [5.74, 6) is 0. The third kappa shape index (κ3) is 2.25. The molecule has 1 aromatic carbocycles. The van der Waals surface area contributed by atoms with Crippen LogP contribution in [0.25, 0.3) is 5.69 Å². The first kappa shape index (κ1) is 11.5. The van der Waals surface area contributed by atoms with Gasteiger partial charge in [-0.05, 0) is 40.2 Å². The molecule has 0 saturated carbocycles. The zero-order valence-electron chi connectivity index (χ0n) is 7.87. The summed E-state index contributed by atoms with van der Waals surface area (Å²) in [4.78, 5) is 0. The number of rotatable bonds is 2. The normalized spacial score (nSPS) is 11.1. The Balaban J connectivity index is 2.42. The van der Waals surface area contributed by atoms with Crippen molar-refractivity contribution in [1.82, 2.24) is 9.78 Å². The molecular weight excluding hydrogens is 301 g/mol. The van der Waals surface area contributed by atoms with Crippen molar-refractivity contribution in [1.29, 1.82) is 0 Å². The van der Waals surface area contributed by atoms with Crippen molar-refractivity contribution < 1.29 is 8.78 Å². The van der Waals surface area contributed by atoms with Crippen LogP contribution < -0.4 is 0 Å². The van der Waals surface area contributed by atoms with E-state index in [9.17, 15) is 8.78 Å². The Morgan fingerprint density at radius 1 is 1.31 bits per heavy atom. The van der Waals surface area contributed by atoms with Crippen molar-refractivity contribution in [2.24, 2.45) is 0 Å². The monoisotopic (exact) mass is 306 g/mol. The average molecular weight is 308 g/mol. The molecule has 0 amide bonds. The van der Waals surface area contributed by atoms with Gasteiger partial charge in [0, 0.05) is 15.7 Å². The molecule has 16 heavy (non-hydrogen) atoms. The van der Waals surface area contributed by atoms with E-state index < -0.39 is 6.43 Å². The topological polar surface area (TPSA) is 17.8 Å². The molecule has 0 atom stereocenters. The standard InChI is InChI=1S/C10H6BrClF2N2/c11-7-5-6(12)1-2-9(7)16-4-3-8(15-16)10(13)14/h1-5,10H. The highest BCUT2D eigenvalue weighted by molar-refractivity contribution is 9.10. The number of halogens is 4. The smallest absolute Gasteiger partial charge is 0.239 e. The fourth-order valence-electron chi connectivity index (χ4n) is 1.26. The largest absolute Gasteiger partial charge is 0.282 e. The molecular formula is C10H6BrClF2N2. The van der Waals surface area contributed by atoms with E-state index in [-0.39, 0.29) is 5.69 Å². The molecule has 2 rings (SSSR count). The molecule has 0 saturated heterocycles. The van der Waals surface area contributed by atoms with Crippen LogP contribution in [0.15, 0.2) is 34.9 Å². The molecule has 1 heterocycles. The van der Waals surface area contributed by atoms with Crippen LogP contribution in [-0.4, -0.2) is 9.78 Å². The highest BCUT2D eigenvalue weighted by Gasteiger charge is 2.12. The number of nitrogens with zero attached hydrogens (tertiary/aromatic N) is 2. The number of aromatic nitrogens is 2. The van der Waals surface area contributed by atoms with Crippen molar-refractivity contribution >= 4 is 27.5 Å². The molecule has 0 aliphatic heterocycles. The summed E-state index contributed by atoms with van der Waals surface area (Å²) in [6.07, 6.45) is -1.08. The molecule has 84 valence electrons. The Labute approximate surface area is 104 Å². The van der Waals surface area contributed by atoms with Gasteiger partial charge in [-0.3, -0.25) is 0 Å². The van der Waals surface area contributed by atoms with Crippen LogP contribution >= 0.6 is 27.5 Å². The van der Waals surface area contributed by atoms with Crippen LogP contribution in [0, 0.1) is 0 Å². The lowest BCUT2D eigenvalue weighted by Crippen LogP contribution is -1.97. The second-order valence-corrected chi connectivity index (χ2v) is 4.37. The van der Waals surface area contributed by atoms with Gasteiger partial charge in [-0.2, -0.15) is 5.10 Å². The van der Waals surface area contributed by atoms with E-state index >= 15 is 0 Å². The molecule has 0 aliphatic rings. The predicted molar refractivity (Wildman–Crippen MR) is 61.2 cm³/mol. The van der Waals surface area contributed by atoms with Crippen LogP contribution in [0.4, 0.5) is 8.78 Å². The zero-order valence-corrected chi connectivity index (χ0v) is 10.2. The minimum absolute atomic E-state index is 0.248. The molecule has 0 radical (unpaired) electrons. The first-order valence-electron chi connectivity index (χ1n) is 4.37. The molecule has 0 aliphatic carbocycles. The highest BCUT2D eigenvalue weighted by atomic mass is 79.9. The summed E-state index contributed by atoms with van der Waals surface area (Å²) in [7, 11) is 0. The average Bonchev–Trinajstić information content (AvgIpc) is 2.66. The fraction of sp³-hybridized carbons (Fsp3) is 0.100. The third-order valence-electron chi connectivity index (χ3n) is 1.99. The van der Waals surface area contributed by atoms with Gasteiger partial charge in [-0.15, -0.1) is 0 Å². The van der Waals surface area contributed by atoms with Crippen LogP contribution in [0.5, 0.6) is 0 Å². The van der Waals surface area contributed by atoms with E-state index in [1.807, 2.05) is 0 Å². The summed E-state index contributed by atoms with van der Waals surface area (Å²) in [5, 5.41) is 4.33. The van der Waals surface area contributed by atoms with Gasteiger partial charge in [0.05, 0.1) is 5.69 Å². The Morgan fingerprint density at radius 2 is 2.06 bits per heavy atom. The summed E-state index contributed by atoms with van der Waals surface area (Å²) in [6.45, 7) is 0. The van der Waals surface area contributed by atoms with Gasteiger partial charge in [0.25, 0.3) is 6.43 Å². The quantitative estimate of drug-likeness (QED) is 0.812. The van der Waals surface area contributed by atoms with Gasteiger partial charge in [-0.25, -0.2) is 13.5 Å². The Hall–Kier alpha value is -0.940. The van der Waals surface area contributed by atoms with E-state index in [1.54, 1.807) is 18.2 Å². The molecule has 2 aromatic rings. The number of benzene rings is 1. The van der Waals surface area contributed by atoms with Gasteiger partial charge >= 0.3 is 0 Å². The van der Waals surface area contributed by atoms with Crippen LogP contribution in [0.2, 0.25) is 5.02 Å². The maximum atomic E-state index is 12.4. The summed E-state index contributed by atoms with van der Waals surface area (Å²) in [6, 6.07) is 6.34. The molecule has 2 nitrogen and oxygen atoms in total. The van der Waals surface area contributed by atoms with Gasteiger partial charge in [0.1, 0.15) is 5.69 Å². The molecule has 0 N–H and O–H groups in total. The maximum Gasteiger partial charge on any atom is 0.282 e. The van der Waals surface area contributed by atoms with E-state index in [0.29, 0.717) is 15.2 Å². The molecule has 6 heteroatoms. The van der Waals surface area contributed by atoms with Crippen LogP contribution in [-0.2, 0) is 0 Å². The molecule has 1 aromatic heterocycles. The maximum absolute atomic E-state index is 12.4. The lowest BCUT2D eigenvalue weighted by molar-refractivity contribution is 0.145.